The molecule has 4 rings (SSSR count). The zero-order chi connectivity index (χ0) is 26.1. The van der Waals surface area contributed by atoms with Crippen LogP contribution in [-0.4, -0.2) is 13.2 Å². The summed E-state index contributed by atoms with van der Waals surface area (Å²) in [5.74, 6) is 1.87. The number of unbranched alkanes of at least 4 members (excludes halogenated alkanes) is 7. The number of nitrogens with one attached hydrogen (secondary N) is 2. The van der Waals surface area contributed by atoms with Gasteiger partial charge in [0.05, 0.1) is 13.2 Å². The Bertz CT molecular complexity index is 1050. The second-order valence-electron chi connectivity index (χ2n) is 9.56. The maximum Gasteiger partial charge on any atom is 0.119 e. The van der Waals surface area contributed by atoms with Crippen LogP contribution in [0.25, 0.3) is 0 Å². The van der Waals surface area contributed by atoms with Gasteiger partial charge in [-0.25, -0.2) is 0 Å². The molecular formula is C34H40N2O2. The first-order valence-corrected chi connectivity index (χ1v) is 13.9. The molecule has 4 heteroatoms. The smallest absolute Gasteiger partial charge is 0.119 e. The summed E-state index contributed by atoms with van der Waals surface area (Å²) >= 11 is 0. The molecule has 0 spiro atoms. The summed E-state index contributed by atoms with van der Waals surface area (Å²) in [6.07, 6.45) is 9.84. The van der Waals surface area contributed by atoms with E-state index < -0.39 is 0 Å². The maximum absolute atomic E-state index is 5.91. The topological polar surface area (TPSA) is 42.5 Å². The molecule has 0 saturated heterocycles. The molecule has 0 atom stereocenters. The summed E-state index contributed by atoms with van der Waals surface area (Å²) in [6.45, 7) is 1.57. The van der Waals surface area contributed by atoms with Gasteiger partial charge in [-0.2, -0.15) is 0 Å². The lowest BCUT2D eigenvalue weighted by atomic mass is 10.1. The van der Waals surface area contributed by atoms with Crippen molar-refractivity contribution in [3.8, 4) is 11.5 Å². The van der Waals surface area contributed by atoms with E-state index in [9.17, 15) is 0 Å². The quantitative estimate of drug-likeness (QED) is 0.139. The minimum Gasteiger partial charge on any atom is -0.494 e. The molecule has 198 valence electrons. The van der Waals surface area contributed by atoms with Gasteiger partial charge in [-0.1, -0.05) is 74.9 Å². The fraction of sp³-hybridized carbons (Fsp3) is 0.294. The molecule has 4 aromatic rings. The van der Waals surface area contributed by atoms with Gasteiger partial charge in [0.1, 0.15) is 11.5 Å². The van der Waals surface area contributed by atoms with Gasteiger partial charge in [-0.3, -0.25) is 0 Å². The van der Waals surface area contributed by atoms with Crippen LogP contribution in [0.15, 0.2) is 109 Å². The summed E-state index contributed by atoms with van der Waals surface area (Å²) in [5, 5.41) is 6.79. The fourth-order valence-electron chi connectivity index (χ4n) is 4.29. The van der Waals surface area contributed by atoms with Crippen molar-refractivity contribution in [3.05, 3.63) is 109 Å². The van der Waals surface area contributed by atoms with Crippen molar-refractivity contribution in [2.24, 2.45) is 0 Å². The molecule has 0 saturated carbocycles. The van der Waals surface area contributed by atoms with Crippen molar-refractivity contribution >= 4 is 22.7 Å². The second kappa shape index (κ2) is 16.0. The van der Waals surface area contributed by atoms with E-state index in [1.807, 2.05) is 60.7 Å². The first kappa shape index (κ1) is 27.1. The Morgan fingerprint density at radius 3 is 1.03 bits per heavy atom. The number of anilines is 4. The molecule has 0 aliphatic rings. The number of benzene rings is 4. The van der Waals surface area contributed by atoms with Crippen LogP contribution < -0.4 is 20.1 Å². The highest BCUT2D eigenvalue weighted by Gasteiger charge is 1.99. The molecule has 4 aromatic carbocycles. The van der Waals surface area contributed by atoms with E-state index in [2.05, 4.69) is 59.2 Å². The third kappa shape index (κ3) is 10.2. The van der Waals surface area contributed by atoms with Gasteiger partial charge in [0.2, 0.25) is 0 Å². The zero-order valence-corrected chi connectivity index (χ0v) is 22.3. The largest absolute Gasteiger partial charge is 0.494 e. The average molecular weight is 509 g/mol. The van der Waals surface area contributed by atoms with Crippen LogP contribution in [0.2, 0.25) is 0 Å². The average Bonchev–Trinajstić information content (AvgIpc) is 2.96. The van der Waals surface area contributed by atoms with E-state index in [0.717, 1.165) is 60.3 Å². The molecule has 0 heterocycles. The minimum atomic E-state index is 0.784. The summed E-state index contributed by atoms with van der Waals surface area (Å²) in [7, 11) is 0. The molecule has 0 aliphatic heterocycles. The molecule has 4 nitrogen and oxygen atoms in total. The third-order valence-electron chi connectivity index (χ3n) is 6.41. The van der Waals surface area contributed by atoms with E-state index >= 15 is 0 Å². The van der Waals surface area contributed by atoms with E-state index in [-0.39, 0.29) is 0 Å². The zero-order valence-electron chi connectivity index (χ0n) is 22.3. The summed E-state index contributed by atoms with van der Waals surface area (Å²) in [4.78, 5) is 0. The van der Waals surface area contributed by atoms with Gasteiger partial charge in [0.25, 0.3) is 0 Å². The predicted octanol–water partition coefficient (Wildman–Crippen LogP) is 9.75. The van der Waals surface area contributed by atoms with Crippen LogP contribution in [0.4, 0.5) is 22.7 Å². The molecule has 0 aromatic heterocycles. The Labute approximate surface area is 228 Å². The summed E-state index contributed by atoms with van der Waals surface area (Å²) in [6, 6.07) is 36.8. The molecule has 38 heavy (non-hydrogen) atoms. The molecule has 2 N–H and O–H groups in total. The molecule has 0 bridgehead atoms. The fourth-order valence-corrected chi connectivity index (χ4v) is 4.29. The summed E-state index contributed by atoms with van der Waals surface area (Å²) < 4.78 is 11.8. The van der Waals surface area contributed by atoms with E-state index in [4.69, 9.17) is 9.47 Å². The van der Waals surface area contributed by atoms with E-state index in [1.165, 1.54) is 38.5 Å². The summed E-state index contributed by atoms with van der Waals surface area (Å²) in [5.41, 5.74) is 4.32. The van der Waals surface area contributed by atoms with Crippen molar-refractivity contribution in [3.63, 3.8) is 0 Å². The Hall–Kier alpha value is -3.92. The first-order valence-electron chi connectivity index (χ1n) is 13.9. The minimum absolute atomic E-state index is 0.784. The highest BCUT2D eigenvalue weighted by molar-refractivity contribution is 5.61. The lowest BCUT2D eigenvalue weighted by Crippen LogP contribution is -1.98. The lowest BCUT2D eigenvalue weighted by molar-refractivity contribution is 0.301. The highest BCUT2D eigenvalue weighted by atomic mass is 16.5. The number of ether oxygens (including phenoxy) is 2. The maximum atomic E-state index is 5.91. The van der Waals surface area contributed by atoms with Crippen LogP contribution in [-0.2, 0) is 0 Å². The standard InChI is InChI=1S/C34H40N2O2/c1(3-5-13-27-37-33-23-19-31(20-24-33)35-29-15-9-7-10-16-29)2-4-6-14-28-38-34-25-21-32(22-26-34)36-30-17-11-8-12-18-30/h7-12,15-26,35-36H,1-6,13-14,27-28H2. The van der Waals surface area contributed by atoms with Crippen LogP contribution in [0.1, 0.15) is 51.4 Å². The second-order valence-corrected chi connectivity index (χ2v) is 9.56. The molecule has 0 aliphatic carbocycles. The molecule has 0 fully saturated rings. The van der Waals surface area contributed by atoms with Crippen molar-refractivity contribution in [1.82, 2.24) is 0 Å². The van der Waals surface area contributed by atoms with Gasteiger partial charge in [0.15, 0.2) is 0 Å². The number of hydrogen-bond acceptors (Lipinski definition) is 4. The van der Waals surface area contributed by atoms with Crippen LogP contribution >= 0.6 is 0 Å². The first-order chi connectivity index (χ1) is 18.8. The SMILES string of the molecule is c1ccc(Nc2ccc(OCCCCCCCCCCOc3ccc(Nc4ccccc4)cc3)cc2)cc1. The van der Waals surface area contributed by atoms with Crippen molar-refractivity contribution in [1.29, 1.82) is 0 Å². The Morgan fingerprint density at radius 1 is 0.342 bits per heavy atom. The number of para-hydroxylation sites is 2. The van der Waals surface area contributed by atoms with Crippen molar-refractivity contribution in [2.75, 3.05) is 23.8 Å². The lowest BCUT2D eigenvalue weighted by Gasteiger charge is -2.09. The van der Waals surface area contributed by atoms with Crippen molar-refractivity contribution < 1.29 is 9.47 Å². The Morgan fingerprint density at radius 2 is 0.658 bits per heavy atom. The van der Waals surface area contributed by atoms with Crippen LogP contribution in [0, 0.1) is 0 Å². The van der Waals surface area contributed by atoms with Gasteiger partial charge in [0, 0.05) is 22.7 Å². The monoisotopic (exact) mass is 508 g/mol. The van der Waals surface area contributed by atoms with Gasteiger partial charge in [-0.15, -0.1) is 0 Å². The van der Waals surface area contributed by atoms with E-state index in [0.29, 0.717) is 0 Å². The molecular weight excluding hydrogens is 468 g/mol. The Balaban J connectivity index is 0.954. The Kier molecular flexibility index (Phi) is 11.4. The van der Waals surface area contributed by atoms with Crippen LogP contribution in [0.3, 0.4) is 0 Å². The normalized spacial score (nSPS) is 10.6. The van der Waals surface area contributed by atoms with Gasteiger partial charge in [-0.05, 0) is 85.6 Å². The molecule has 0 amide bonds. The van der Waals surface area contributed by atoms with Gasteiger partial charge < -0.3 is 20.1 Å². The highest BCUT2D eigenvalue weighted by Crippen LogP contribution is 2.21. The van der Waals surface area contributed by atoms with Crippen LogP contribution in [0.5, 0.6) is 11.5 Å². The van der Waals surface area contributed by atoms with Gasteiger partial charge >= 0.3 is 0 Å². The predicted molar refractivity (Wildman–Crippen MR) is 160 cm³/mol. The number of rotatable bonds is 17. The van der Waals surface area contributed by atoms with Crippen molar-refractivity contribution in [2.45, 2.75) is 51.4 Å². The molecule has 0 radical (unpaired) electrons. The number of hydrogen-bond donors (Lipinski definition) is 2. The third-order valence-corrected chi connectivity index (χ3v) is 6.41. The molecule has 0 unspecified atom stereocenters. The van der Waals surface area contributed by atoms with E-state index in [1.54, 1.807) is 0 Å².